The summed E-state index contributed by atoms with van der Waals surface area (Å²) in [6, 6.07) is 2.40. The molecule has 0 aliphatic heterocycles. The van der Waals surface area contributed by atoms with Crippen LogP contribution in [0.15, 0.2) is 23.2 Å². The van der Waals surface area contributed by atoms with Crippen LogP contribution in [0.25, 0.3) is 5.82 Å². The van der Waals surface area contributed by atoms with Crippen molar-refractivity contribution in [1.29, 1.82) is 0 Å². The van der Waals surface area contributed by atoms with Crippen LogP contribution in [0.3, 0.4) is 0 Å². The van der Waals surface area contributed by atoms with Crippen LogP contribution in [0.4, 0.5) is 14.6 Å². The van der Waals surface area contributed by atoms with E-state index in [1.807, 2.05) is 0 Å². The number of aromatic nitrogens is 3. The highest BCUT2D eigenvalue weighted by molar-refractivity contribution is 7.90. The fraction of sp³-hybridized carbons (Fsp3) is 0.467. The summed E-state index contributed by atoms with van der Waals surface area (Å²) in [6.45, 7) is 1.41. The molecule has 1 unspecified atom stereocenters. The minimum atomic E-state index is -3.44. The minimum Gasteiger partial charge on any atom is -0.391 e. The normalized spacial score (nSPS) is 13.2. The van der Waals surface area contributed by atoms with Crippen molar-refractivity contribution in [3.8, 4) is 5.82 Å². The van der Waals surface area contributed by atoms with E-state index in [2.05, 4.69) is 15.4 Å². The molecule has 0 saturated heterocycles. The van der Waals surface area contributed by atoms with Gasteiger partial charge in [-0.2, -0.15) is 9.78 Å². The van der Waals surface area contributed by atoms with Gasteiger partial charge in [0.2, 0.25) is 0 Å². The van der Waals surface area contributed by atoms with Crippen LogP contribution in [0.1, 0.15) is 24.6 Å². The topological polar surface area (TPSA) is 106 Å². The Morgan fingerprint density at radius 1 is 1.38 bits per heavy atom. The van der Waals surface area contributed by atoms with E-state index in [9.17, 15) is 22.3 Å². The van der Waals surface area contributed by atoms with Crippen molar-refractivity contribution < 1.29 is 27.0 Å². The number of aliphatic hydroxyl groups is 1. The predicted molar refractivity (Wildman–Crippen MR) is 90.3 cm³/mol. The summed E-state index contributed by atoms with van der Waals surface area (Å²) >= 11 is 0. The van der Waals surface area contributed by atoms with Crippen LogP contribution in [0.5, 0.6) is 0 Å². The van der Waals surface area contributed by atoms with E-state index in [0.29, 0.717) is 6.61 Å². The average molecular weight is 390 g/mol. The highest BCUT2D eigenvalue weighted by Gasteiger charge is 2.25. The molecule has 26 heavy (non-hydrogen) atoms. The van der Waals surface area contributed by atoms with E-state index in [1.54, 1.807) is 6.92 Å². The number of anilines is 1. The number of rotatable bonds is 8. The van der Waals surface area contributed by atoms with E-state index in [4.69, 9.17) is 4.74 Å². The Morgan fingerprint density at radius 3 is 2.54 bits per heavy atom. The molecule has 0 saturated carbocycles. The fourth-order valence-electron chi connectivity index (χ4n) is 2.35. The molecule has 0 spiro atoms. The van der Waals surface area contributed by atoms with E-state index in [1.165, 1.54) is 19.2 Å². The van der Waals surface area contributed by atoms with Gasteiger partial charge in [-0.25, -0.2) is 22.2 Å². The second-order valence-corrected chi connectivity index (χ2v) is 7.72. The third-order valence-electron chi connectivity index (χ3n) is 3.55. The molecular weight excluding hydrogens is 370 g/mol. The molecule has 11 heteroatoms. The van der Waals surface area contributed by atoms with Gasteiger partial charge in [-0.15, -0.1) is 0 Å². The molecular formula is C15H20F2N4O4S. The largest absolute Gasteiger partial charge is 0.391 e. The van der Waals surface area contributed by atoms with Gasteiger partial charge in [0.05, 0.1) is 18.1 Å². The van der Waals surface area contributed by atoms with Gasteiger partial charge in [0.1, 0.15) is 11.5 Å². The average Bonchev–Trinajstić information content (AvgIpc) is 2.93. The number of nitrogens with zero attached hydrogens (tertiary/aromatic N) is 3. The number of hydrogen-bond donors (Lipinski definition) is 2. The summed E-state index contributed by atoms with van der Waals surface area (Å²) in [5.41, 5.74) is -0.634. The number of ether oxygens (including phenoxy) is 1. The predicted octanol–water partition coefficient (Wildman–Crippen LogP) is 1.55. The number of methoxy groups -OCH3 is 1. The van der Waals surface area contributed by atoms with Gasteiger partial charge in [0.15, 0.2) is 15.7 Å². The molecule has 2 heterocycles. The number of pyridine rings is 1. The van der Waals surface area contributed by atoms with Crippen LogP contribution in [0.2, 0.25) is 0 Å². The Morgan fingerprint density at radius 2 is 2.08 bits per heavy atom. The van der Waals surface area contributed by atoms with E-state index >= 15 is 0 Å². The van der Waals surface area contributed by atoms with Gasteiger partial charge in [-0.05, 0) is 19.1 Å². The molecule has 1 atom stereocenters. The summed E-state index contributed by atoms with van der Waals surface area (Å²) in [5.74, 6) is 0.276. The summed E-state index contributed by atoms with van der Waals surface area (Å²) in [5, 5.41) is 16.4. The second kappa shape index (κ2) is 8.06. The van der Waals surface area contributed by atoms with E-state index in [0.717, 1.165) is 17.1 Å². The highest BCUT2D eigenvalue weighted by atomic mass is 32.2. The first-order valence-electron chi connectivity index (χ1n) is 7.61. The lowest BCUT2D eigenvalue weighted by Gasteiger charge is -2.16. The molecule has 0 aromatic carbocycles. The lowest BCUT2D eigenvalue weighted by Crippen LogP contribution is -2.23. The molecule has 2 N–H and O–H groups in total. The van der Waals surface area contributed by atoms with Gasteiger partial charge in [0.25, 0.3) is 6.43 Å². The molecule has 2 aromatic rings. The first-order chi connectivity index (χ1) is 12.2. The zero-order valence-electron chi connectivity index (χ0n) is 14.5. The van der Waals surface area contributed by atoms with Gasteiger partial charge >= 0.3 is 0 Å². The number of nitrogens with one attached hydrogen (secondary N) is 1. The first-order valence-corrected chi connectivity index (χ1v) is 9.51. The number of alkyl halides is 2. The van der Waals surface area contributed by atoms with Gasteiger partial charge in [0, 0.05) is 31.2 Å². The summed E-state index contributed by atoms with van der Waals surface area (Å²) in [4.78, 5) is 3.99. The summed E-state index contributed by atoms with van der Waals surface area (Å²) in [7, 11) is -1.95. The molecule has 0 amide bonds. The third-order valence-corrected chi connectivity index (χ3v) is 4.64. The Hall–Kier alpha value is -2.11. The Balaban J connectivity index is 2.55. The maximum Gasteiger partial charge on any atom is 0.282 e. The maximum atomic E-state index is 13.3. The molecule has 8 nitrogen and oxygen atoms in total. The molecule has 0 radical (unpaired) electrons. The van der Waals surface area contributed by atoms with Crippen LogP contribution >= 0.6 is 0 Å². The van der Waals surface area contributed by atoms with Gasteiger partial charge < -0.3 is 15.2 Å². The standard InChI is InChI=1S/C15H20F2N4O4S/c1-9(8-25-2)19-15-11(7-22)13(14(16)17)20-21(15)12-5-4-10(6-18-12)26(3,23)24/h4-6,9,14,19,22H,7-8H2,1-3H3. The van der Waals surface area contributed by atoms with Crippen molar-refractivity contribution in [2.75, 3.05) is 25.3 Å². The Kier molecular flexibility index (Phi) is 6.26. The van der Waals surface area contributed by atoms with Gasteiger partial charge in [-0.3, -0.25) is 0 Å². The third kappa shape index (κ3) is 4.34. The fourth-order valence-corrected chi connectivity index (χ4v) is 2.91. The highest BCUT2D eigenvalue weighted by Crippen LogP contribution is 2.30. The summed E-state index contributed by atoms with van der Waals surface area (Å²) in [6.07, 6.45) is -0.738. The zero-order chi connectivity index (χ0) is 19.5. The lowest BCUT2D eigenvalue weighted by atomic mass is 10.2. The van der Waals surface area contributed by atoms with Crippen molar-refractivity contribution in [2.24, 2.45) is 0 Å². The van der Waals surface area contributed by atoms with Crippen molar-refractivity contribution in [1.82, 2.24) is 14.8 Å². The molecule has 2 rings (SSSR count). The monoisotopic (exact) mass is 390 g/mol. The van der Waals surface area contributed by atoms with Crippen molar-refractivity contribution >= 4 is 15.7 Å². The SMILES string of the molecule is COCC(C)Nc1c(CO)c(C(F)F)nn1-c1ccc(S(C)(=O)=O)cn1. The van der Waals surface area contributed by atoms with Crippen LogP contribution in [0, 0.1) is 0 Å². The maximum absolute atomic E-state index is 13.3. The molecule has 0 fully saturated rings. The van der Waals surface area contributed by atoms with E-state index in [-0.39, 0.29) is 28.1 Å². The Bertz CT molecular complexity index is 853. The van der Waals surface area contributed by atoms with Crippen molar-refractivity contribution in [3.63, 3.8) is 0 Å². The first kappa shape index (κ1) is 20.2. The lowest BCUT2D eigenvalue weighted by molar-refractivity contribution is 0.141. The zero-order valence-corrected chi connectivity index (χ0v) is 15.3. The molecule has 0 aliphatic rings. The quantitative estimate of drug-likeness (QED) is 0.704. The minimum absolute atomic E-state index is 0.00729. The van der Waals surface area contributed by atoms with Crippen LogP contribution < -0.4 is 5.32 Å². The number of sulfone groups is 1. The van der Waals surface area contributed by atoms with E-state index < -0.39 is 28.6 Å². The second-order valence-electron chi connectivity index (χ2n) is 5.71. The molecule has 144 valence electrons. The van der Waals surface area contributed by atoms with Gasteiger partial charge in [-0.1, -0.05) is 0 Å². The van der Waals surface area contributed by atoms with Crippen molar-refractivity contribution in [3.05, 3.63) is 29.6 Å². The summed E-state index contributed by atoms with van der Waals surface area (Å²) < 4.78 is 55.8. The number of aliphatic hydroxyl groups excluding tert-OH is 1. The number of hydrogen-bond acceptors (Lipinski definition) is 7. The van der Waals surface area contributed by atoms with Crippen LogP contribution in [-0.2, 0) is 21.2 Å². The van der Waals surface area contributed by atoms with Crippen LogP contribution in [-0.4, -0.2) is 54.3 Å². The number of halogens is 2. The molecule has 0 bridgehead atoms. The Labute approximate surface area is 149 Å². The molecule has 0 aliphatic carbocycles. The smallest absolute Gasteiger partial charge is 0.282 e. The molecule has 2 aromatic heterocycles. The van der Waals surface area contributed by atoms with Crippen molar-refractivity contribution in [2.45, 2.75) is 30.9 Å².